The fourth-order valence-corrected chi connectivity index (χ4v) is 2.21. The van der Waals surface area contributed by atoms with Crippen LogP contribution in [-0.2, 0) is 13.6 Å². The highest BCUT2D eigenvalue weighted by Gasteiger charge is 2.12. The van der Waals surface area contributed by atoms with Gasteiger partial charge in [0.2, 0.25) is 0 Å². The van der Waals surface area contributed by atoms with Crippen LogP contribution in [0.3, 0.4) is 0 Å². The molecule has 1 N–H and O–H groups in total. The van der Waals surface area contributed by atoms with E-state index in [9.17, 15) is 0 Å². The number of aryl methyl sites for hydroxylation is 1. The second-order valence-corrected chi connectivity index (χ2v) is 5.25. The lowest BCUT2D eigenvalue weighted by Crippen LogP contribution is -2.18. The number of pyridine rings is 1. The van der Waals surface area contributed by atoms with Gasteiger partial charge in [0.15, 0.2) is 0 Å². The lowest BCUT2D eigenvalue weighted by molar-refractivity contribution is 0.570. The average molecular weight is 258 g/mol. The van der Waals surface area contributed by atoms with Crippen LogP contribution < -0.4 is 5.32 Å². The number of rotatable bonds is 5. The molecule has 1 atom stereocenters. The van der Waals surface area contributed by atoms with Crippen molar-refractivity contribution in [2.75, 3.05) is 0 Å². The molecule has 0 unspecified atom stereocenters. The first kappa shape index (κ1) is 13.7. The predicted octanol–water partition coefficient (Wildman–Crippen LogP) is 2.79. The smallest absolute Gasteiger partial charge is 0.0694 e. The SMILES string of the molecule is CC(C)c1nn(C)cc1CN[C@@H](C)c1ccncc1. The molecule has 0 bridgehead atoms. The van der Waals surface area contributed by atoms with Crippen molar-refractivity contribution in [2.24, 2.45) is 7.05 Å². The maximum atomic E-state index is 4.53. The van der Waals surface area contributed by atoms with Crippen LogP contribution in [0.4, 0.5) is 0 Å². The highest BCUT2D eigenvalue weighted by Crippen LogP contribution is 2.18. The third-order valence-electron chi connectivity index (χ3n) is 3.29. The van der Waals surface area contributed by atoms with Gasteiger partial charge >= 0.3 is 0 Å². The molecule has 0 aromatic carbocycles. The number of nitrogens with one attached hydrogen (secondary N) is 1. The molecule has 0 aliphatic carbocycles. The fourth-order valence-electron chi connectivity index (χ4n) is 2.21. The summed E-state index contributed by atoms with van der Waals surface area (Å²) in [6.45, 7) is 7.36. The number of hydrogen-bond acceptors (Lipinski definition) is 3. The highest BCUT2D eigenvalue weighted by atomic mass is 15.3. The largest absolute Gasteiger partial charge is 0.306 e. The van der Waals surface area contributed by atoms with Crippen LogP contribution in [0.5, 0.6) is 0 Å². The summed E-state index contributed by atoms with van der Waals surface area (Å²) in [6.07, 6.45) is 5.76. The summed E-state index contributed by atoms with van der Waals surface area (Å²) in [5.41, 5.74) is 3.71. The van der Waals surface area contributed by atoms with Crippen LogP contribution in [0.25, 0.3) is 0 Å². The van der Waals surface area contributed by atoms with E-state index in [0.717, 1.165) is 6.54 Å². The van der Waals surface area contributed by atoms with Gasteiger partial charge in [0.05, 0.1) is 5.69 Å². The Morgan fingerprint density at radius 2 is 1.89 bits per heavy atom. The van der Waals surface area contributed by atoms with E-state index in [2.05, 4.69) is 42.4 Å². The predicted molar refractivity (Wildman–Crippen MR) is 76.8 cm³/mol. The molecule has 0 spiro atoms. The van der Waals surface area contributed by atoms with Gasteiger partial charge in [-0.05, 0) is 30.5 Å². The van der Waals surface area contributed by atoms with E-state index < -0.39 is 0 Å². The fraction of sp³-hybridized carbons (Fsp3) is 0.467. The standard InChI is InChI=1S/C15H22N4/c1-11(2)15-14(10-19(4)18-15)9-17-12(3)13-5-7-16-8-6-13/h5-8,10-12,17H,9H2,1-4H3/t12-/m0/s1. The van der Waals surface area contributed by atoms with Gasteiger partial charge in [0.25, 0.3) is 0 Å². The summed E-state index contributed by atoms with van der Waals surface area (Å²) in [4.78, 5) is 4.05. The molecule has 0 aliphatic heterocycles. The Labute approximate surface area is 114 Å². The summed E-state index contributed by atoms with van der Waals surface area (Å²) < 4.78 is 1.89. The molecule has 4 heteroatoms. The minimum absolute atomic E-state index is 0.309. The molecule has 4 nitrogen and oxygen atoms in total. The quantitative estimate of drug-likeness (QED) is 0.896. The molecular weight excluding hydrogens is 236 g/mol. The van der Waals surface area contributed by atoms with Crippen molar-refractivity contribution < 1.29 is 0 Å². The van der Waals surface area contributed by atoms with Crippen LogP contribution in [0.1, 0.15) is 49.6 Å². The Morgan fingerprint density at radius 1 is 1.21 bits per heavy atom. The van der Waals surface area contributed by atoms with Crippen LogP contribution >= 0.6 is 0 Å². The lowest BCUT2D eigenvalue weighted by Gasteiger charge is -2.14. The van der Waals surface area contributed by atoms with Crippen molar-refractivity contribution in [3.8, 4) is 0 Å². The van der Waals surface area contributed by atoms with Crippen LogP contribution in [0, 0.1) is 0 Å². The zero-order chi connectivity index (χ0) is 13.8. The maximum absolute atomic E-state index is 4.53. The third kappa shape index (κ3) is 3.41. The van der Waals surface area contributed by atoms with Crippen molar-refractivity contribution >= 4 is 0 Å². The van der Waals surface area contributed by atoms with Gasteiger partial charge in [-0.1, -0.05) is 13.8 Å². The summed E-state index contributed by atoms with van der Waals surface area (Å²) >= 11 is 0. The summed E-state index contributed by atoms with van der Waals surface area (Å²) in [5.74, 6) is 0.453. The van der Waals surface area contributed by atoms with Gasteiger partial charge in [-0.25, -0.2) is 0 Å². The topological polar surface area (TPSA) is 42.7 Å². The Hall–Kier alpha value is -1.68. The normalized spacial score (nSPS) is 12.9. The van der Waals surface area contributed by atoms with Crippen molar-refractivity contribution in [2.45, 2.75) is 39.3 Å². The van der Waals surface area contributed by atoms with Crippen LogP contribution in [0.15, 0.2) is 30.7 Å². The van der Waals surface area contributed by atoms with Crippen molar-refractivity contribution in [1.82, 2.24) is 20.1 Å². The van der Waals surface area contributed by atoms with Crippen molar-refractivity contribution in [3.05, 3.63) is 47.5 Å². The van der Waals surface area contributed by atoms with Crippen molar-refractivity contribution in [3.63, 3.8) is 0 Å². The molecule has 0 saturated heterocycles. The zero-order valence-electron chi connectivity index (χ0n) is 12.1. The monoisotopic (exact) mass is 258 g/mol. The first-order valence-electron chi connectivity index (χ1n) is 6.73. The van der Waals surface area contributed by atoms with E-state index >= 15 is 0 Å². The molecule has 0 radical (unpaired) electrons. The molecule has 0 saturated carbocycles. The number of hydrogen-bond donors (Lipinski definition) is 1. The minimum Gasteiger partial charge on any atom is -0.306 e. The highest BCUT2D eigenvalue weighted by molar-refractivity contribution is 5.21. The zero-order valence-corrected chi connectivity index (χ0v) is 12.1. The Bertz CT molecular complexity index is 516. The first-order chi connectivity index (χ1) is 9.08. The van der Waals surface area contributed by atoms with Gasteiger partial charge in [-0.3, -0.25) is 9.67 Å². The van der Waals surface area contributed by atoms with E-state index in [1.165, 1.54) is 16.8 Å². The van der Waals surface area contributed by atoms with Gasteiger partial charge in [-0.2, -0.15) is 5.10 Å². The molecule has 0 amide bonds. The summed E-state index contributed by atoms with van der Waals surface area (Å²) in [7, 11) is 1.97. The van der Waals surface area contributed by atoms with Gasteiger partial charge in [0.1, 0.15) is 0 Å². The van der Waals surface area contributed by atoms with E-state index in [4.69, 9.17) is 0 Å². The summed E-state index contributed by atoms with van der Waals surface area (Å²) in [6, 6.07) is 4.40. The molecule has 19 heavy (non-hydrogen) atoms. The number of aromatic nitrogens is 3. The molecule has 0 aliphatic rings. The molecule has 0 fully saturated rings. The maximum Gasteiger partial charge on any atom is 0.0694 e. The second kappa shape index (κ2) is 5.97. The molecule has 102 valence electrons. The van der Waals surface area contributed by atoms with Crippen LogP contribution in [0.2, 0.25) is 0 Å². The van der Waals surface area contributed by atoms with Gasteiger partial charge in [0, 0.05) is 43.8 Å². The average Bonchev–Trinajstić information content (AvgIpc) is 2.78. The van der Waals surface area contributed by atoms with E-state index in [0.29, 0.717) is 12.0 Å². The van der Waals surface area contributed by atoms with Crippen LogP contribution in [-0.4, -0.2) is 14.8 Å². The first-order valence-corrected chi connectivity index (χ1v) is 6.73. The number of nitrogens with zero attached hydrogens (tertiary/aromatic N) is 3. The van der Waals surface area contributed by atoms with E-state index in [-0.39, 0.29) is 0 Å². The van der Waals surface area contributed by atoms with Gasteiger partial charge < -0.3 is 5.32 Å². The molecule has 2 heterocycles. The lowest BCUT2D eigenvalue weighted by atomic mass is 10.1. The van der Waals surface area contributed by atoms with Gasteiger partial charge in [-0.15, -0.1) is 0 Å². The van der Waals surface area contributed by atoms with Crippen molar-refractivity contribution in [1.29, 1.82) is 0 Å². The van der Waals surface area contributed by atoms with E-state index in [1.807, 2.05) is 36.3 Å². The summed E-state index contributed by atoms with van der Waals surface area (Å²) in [5, 5.41) is 8.07. The molecule has 2 rings (SSSR count). The Balaban J connectivity index is 2.03. The molecular formula is C15H22N4. The molecule has 2 aromatic rings. The molecule has 2 aromatic heterocycles. The second-order valence-electron chi connectivity index (χ2n) is 5.25. The Morgan fingerprint density at radius 3 is 2.53 bits per heavy atom. The minimum atomic E-state index is 0.309. The third-order valence-corrected chi connectivity index (χ3v) is 3.29. The van der Waals surface area contributed by atoms with E-state index in [1.54, 1.807) is 0 Å². The Kier molecular flexibility index (Phi) is 4.32.